The fourth-order valence-corrected chi connectivity index (χ4v) is 3.52. The van der Waals surface area contributed by atoms with Gasteiger partial charge in [0.15, 0.2) is 5.82 Å². The second-order valence-corrected chi connectivity index (χ2v) is 6.29. The van der Waals surface area contributed by atoms with Gasteiger partial charge in [0, 0.05) is 22.1 Å². The Labute approximate surface area is 132 Å². The van der Waals surface area contributed by atoms with Gasteiger partial charge in [-0.1, -0.05) is 12.1 Å². The summed E-state index contributed by atoms with van der Waals surface area (Å²) in [7, 11) is 0. The molecule has 6 heteroatoms. The molecule has 1 atom stereocenters. The second-order valence-electron chi connectivity index (χ2n) is 5.41. The van der Waals surface area contributed by atoms with Crippen LogP contribution in [0.5, 0.6) is 0 Å². The minimum atomic E-state index is -0.243. The van der Waals surface area contributed by atoms with E-state index in [2.05, 4.69) is 39.8 Å². The summed E-state index contributed by atoms with van der Waals surface area (Å²) in [6.07, 6.45) is 2.05. The van der Waals surface area contributed by atoms with Gasteiger partial charge in [-0.2, -0.15) is 5.10 Å². The largest absolute Gasteiger partial charge is 0.456 e. The van der Waals surface area contributed by atoms with Crippen LogP contribution in [0.1, 0.15) is 22.7 Å². The summed E-state index contributed by atoms with van der Waals surface area (Å²) in [6.45, 7) is 2.27. The van der Waals surface area contributed by atoms with Crippen molar-refractivity contribution in [1.82, 2.24) is 10.2 Å². The number of carbonyl (C=O) groups is 1. The molecule has 4 rings (SSSR count). The van der Waals surface area contributed by atoms with Crippen molar-refractivity contribution in [3.8, 4) is 0 Å². The van der Waals surface area contributed by atoms with E-state index < -0.39 is 0 Å². The van der Waals surface area contributed by atoms with Gasteiger partial charge < -0.3 is 10.1 Å². The smallest absolute Gasteiger partial charge is 0.337 e. The lowest BCUT2D eigenvalue weighted by Gasteiger charge is -2.24. The topological polar surface area (TPSA) is 67.0 Å². The average Bonchev–Trinajstić information content (AvgIpc) is 3.10. The van der Waals surface area contributed by atoms with Gasteiger partial charge in [0.2, 0.25) is 0 Å². The SMILES string of the molecule is CSc1ccc(C2C3=C(COC3=O)Nc3n[nH]c(C)c32)cc1. The van der Waals surface area contributed by atoms with Crippen LogP contribution >= 0.6 is 11.8 Å². The maximum Gasteiger partial charge on any atom is 0.337 e. The van der Waals surface area contributed by atoms with Crippen molar-refractivity contribution in [1.29, 1.82) is 0 Å². The molecule has 0 radical (unpaired) electrons. The van der Waals surface area contributed by atoms with Gasteiger partial charge in [-0.15, -0.1) is 11.8 Å². The third kappa shape index (κ3) is 1.87. The molecule has 1 aromatic carbocycles. The second kappa shape index (κ2) is 4.91. The quantitative estimate of drug-likeness (QED) is 0.659. The molecule has 3 heterocycles. The first-order valence-corrected chi connectivity index (χ1v) is 8.27. The fraction of sp³-hybridized carbons (Fsp3) is 0.250. The molecular formula is C16H15N3O2S. The molecule has 0 aliphatic carbocycles. The Morgan fingerprint density at radius 2 is 2.09 bits per heavy atom. The number of nitrogens with zero attached hydrogens (tertiary/aromatic N) is 1. The number of esters is 1. The van der Waals surface area contributed by atoms with Crippen molar-refractivity contribution in [3.05, 3.63) is 52.4 Å². The Hall–Kier alpha value is -2.21. The van der Waals surface area contributed by atoms with Gasteiger partial charge in [0.25, 0.3) is 0 Å². The predicted octanol–water partition coefficient (Wildman–Crippen LogP) is 2.81. The Morgan fingerprint density at radius 1 is 1.32 bits per heavy atom. The van der Waals surface area contributed by atoms with Gasteiger partial charge in [-0.05, 0) is 30.9 Å². The number of benzene rings is 1. The fourth-order valence-electron chi connectivity index (χ4n) is 3.12. The monoisotopic (exact) mass is 313 g/mol. The molecule has 0 amide bonds. The lowest BCUT2D eigenvalue weighted by atomic mass is 9.82. The molecule has 2 aliphatic rings. The zero-order chi connectivity index (χ0) is 15.3. The van der Waals surface area contributed by atoms with Crippen LogP contribution in [0.2, 0.25) is 0 Å². The number of H-pyrrole nitrogens is 1. The molecule has 5 nitrogen and oxygen atoms in total. The van der Waals surface area contributed by atoms with E-state index in [1.807, 2.05) is 13.2 Å². The van der Waals surface area contributed by atoms with Crippen LogP contribution in [0.3, 0.4) is 0 Å². The zero-order valence-corrected chi connectivity index (χ0v) is 13.1. The van der Waals surface area contributed by atoms with E-state index in [1.165, 1.54) is 4.90 Å². The molecule has 0 bridgehead atoms. The van der Waals surface area contributed by atoms with Crippen LogP contribution in [-0.4, -0.2) is 29.0 Å². The summed E-state index contributed by atoms with van der Waals surface area (Å²) in [5.74, 6) is 0.414. The van der Waals surface area contributed by atoms with E-state index in [1.54, 1.807) is 11.8 Å². The molecule has 2 aromatic rings. The van der Waals surface area contributed by atoms with E-state index in [0.29, 0.717) is 12.2 Å². The van der Waals surface area contributed by atoms with Gasteiger partial charge in [0.05, 0.1) is 11.3 Å². The number of rotatable bonds is 2. The average molecular weight is 313 g/mol. The van der Waals surface area contributed by atoms with E-state index in [9.17, 15) is 4.79 Å². The van der Waals surface area contributed by atoms with Crippen molar-refractivity contribution < 1.29 is 9.53 Å². The van der Waals surface area contributed by atoms with E-state index >= 15 is 0 Å². The van der Waals surface area contributed by atoms with E-state index in [0.717, 1.165) is 28.3 Å². The Balaban J connectivity index is 1.89. The highest BCUT2D eigenvalue weighted by atomic mass is 32.2. The number of hydrogen-bond donors (Lipinski definition) is 2. The number of aryl methyl sites for hydroxylation is 1. The first-order chi connectivity index (χ1) is 10.7. The van der Waals surface area contributed by atoms with Crippen molar-refractivity contribution in [2.75, 3.05) is 18.2 Å². The summed E-state index contributed by atoms with van der Waals surface area (Å²) >= 11 is 1.70. The predicted molar refractivity (Wildman–Crippen MR) is 85.0 cm³/mol. The number of anilines is 1. The van der Waals surface area contributed by atoms with Gasteiger partial charge in [-0.25, -0.2) is 4.79 Å². The van der Waals surface area contributed by atoms with Gasteiger partial charge in [-0.3, -0.25) is 5.10 Å². The summed E-state index contributed by atoms with van der Waals surface area (Å²) in [6, 6.07) is 8.32. The minimum Gasteiger partial charge on any atom is -0.456 e. The molecule has 0 saturated heterocycles. The third-order valence-corrected chi connectivity index (χ3v) is 4.93. The molecule has 22 heavy (non-hydrogen) atoms. The van der Waals surface area contributed by atoms with Crippen LogP contribution in [0.4, 0.5) is 5.82 Å². The summed E-state index contributed by atoms with van der Waals surface area (Å²) in [4.78, 5) is 13.4. The number of fused-ring (bicyclic) bond motifs is 1. The highest BCUT2D eigenvalue weighted by Crippen LogP contribution is 2.44. The number of ether oxygens (including phenoxy) is 1. The maximum atomic E-state index is 12.2. The Bertz CT molecular complexity index is 792. The number of aromatic nitrogens is 2. The molecule has 1 unspecified atom stereocenters. The normalized spacial score (nSPS) is 19.5. The summed E-state index contributed by atoms with van der Waals surface area (Å²) < 4.78 is 5.22. The van der Waals surface area contributed by atoms with Crippen LogP contribution < -0.4 is 5.32 Å². The molecule has 2 aliphatic heterocycles. The number of cyclic esters (lactones) is 1. The van der Waals surface area contributed by atoms with E-state index in [-0.39, 0.29) is 11.9 Å². The molecule has 0 saturated carbocycles. The first-order valence-electron chi connectivity index (χ1n) is 7.05. The molecule has 0 spiro atoms. The highest BCUT2D eigenvalue weighted by Gasteiger charge is 2.40. The molecule has 112 valence electrons. The lowest BCUT2D eigenvalue weighted by Crippen LogP contribution is -2.19. The molecule has 2 N–H and O–H groups in total. The first kappa shape index (κ1) is 13.5. The summed E-state index contributed by atoms with van der Waals surface area (Å²) in [5.41, 5.74) is 4.59. The van der Waals surface area contributed by atoms with Crippen molar-refractivity contribution in [3.63, 3.8) is 0 Å². The molecular weight excluding hydrogens is 298 g/mol. The number of aromatic amines is 1. The van der Waals surface area contributed by atoms with Gasteiger partial charge in [0.1, 0.15) is 6.61 Å². The van der Waals surface area contributed by atoms with Crippen LogP contribution in [0.15, 0.2) is 40.4 Å². The van der Waals surface area contributed by atoms with Crippen LogP contribution in [-0.2, 0) is 9.53 Å². The standard InChI is InChI=1S/C16H15N3O2S/c1-8-12-13(9-3-5-10(22-2)6-4-9)14-11(7-21-16(14)20)17-15(12)19-18-8/h3-6,13H,7H2,1-2H3,(H2,17,18,19). The molecule has 1 aromatic heterocycles. The number of nitrogens with one attached hydrogen (secondary N) is 2. The number of carbonyl (C=O) groups excluding carboxylic acids is 1. The lowest BCUT2D eigenvalue weighted by molar-refractivity contribution is -0.136. The highest BCUT2D eigenvalue weighted by molar-refractivity contribution is 7.98. The van der Waals surface area contributed by atoms with Crippen LogP contribution in [0.25, 0.3) is 0 Å². The summed E-state index contributed by atoms with van der Waals surface area (Å²) in [5, 5.41) is 10.5. The molecule has 0 fully saturated rings. The third-order valence-electron chi connectivity index (χ3n) is 4.18. The van der Waals surface area contributed by atoms with Crippen molar-refractivity contribution in [2.45, 2.75) is 17.7 Å². The van der Waals surface area contributed by atoms with Gasteiger partial charge >= 0.3 is 5.97 Å². The zero-order valence-electron chi connectivity index (χ0n) is 12.3. The van der Waals surface area contributed by atoms with Crippen LogP contribution in [0, 0.1) is 6.92 Å². The minimum absolute atomic E-state index is 0.129. The maximum absolute atomic E-state index is 12.2. The number of hydrogen-bond acceptors (Lipinski definition) is 5. The number of thioether (sulfide) groups is 1. The van der Waals surface area contributed by atoms with Crippen molar-refractivity contribution >= 4 is 23.5 Å². The van der Waals surface area contributed by atoms with Crippen molar-refractivity contribution in [2.24, 2.45) is 0 Å². The Morgan fingerprint density at radius 3 is 2.82 bits per heavy atom. The Kier molecular flexibility index (Phi) is 3.00. The van der Waals surface area contributed by atoms with E-state index in [4.69, 9.17) is 4.74 Å².